The molecule has 7 heteroatoms. The maximum atomic E-state index is 12.2. The predicted molar refractivity (Wildman–Crippen MR) is 98.1 cm³/mol. The molecule has 1 aromatic heterocycles. The molecule has 0 aliphatic carbocycles. The monoisotopic (exact) mass is 404 g/mol. The molecule has 0 atom stereocenters. The minimum atomic E-state index is -0.530. The zero-order valence-corrected chi connectivity index (χ0v) is 15.3. The lowest BCUT2D eigenvalue weighted by molar-refractivity contribution is -0.128. The van der Waals surface area contributed by atoms with Gasteiger partial charge in [-0.3, -0.25) is 19.8 Å². The molecule has 1 saturated heterocycles. The Hall–Kier alpha value is -2.25. The number of rotatable bonds is 2. The summed E-state index contributed by atoms with van der Waals surface area (Å²) in [6.07, 6.45) is 1.42. The van der Waals surface area contributed by atoms with Gasteiger partial charge in [-0.05, 0) is 55.0 Å². The van der Waals surface area contributed by atoms with Gasteiger partial charge in [-0.1, -0.05) is 22.0 Å². The van der Waals surface area contributed by atoms with Crippen molar-refractivity contribution in [2.24, 2.45) is 0 Å². The molecule has 0 bridgehead atoms. The average molecular weight is 405 g/mol. The Morgan fingerprint density at radius 1 is 1.25 bits per heavy atom. The van der Waals surface area contributed by atoms with E-state index in [9.17, 15) is 9.59 Å². The van der Waals surface area contributed by atoms with Gasteiger partial charge in [-0.25, -0.2) is 0 Å². The number of nitrogens with one attached hydrogen (secondary N) is 1. The molecular formula is C17H13BrN2O3S. The Kier molecular flexibility index (Phi) is 4.38. The zero-order chi connectivity index (χ0) is 17.4. The third-order valence-corrected chi connectivity index (χ3v) is 4.64. The van der Waals surface area contributed by atoms with E-state index in [4.69, 9.17) is 16.6 Å². The number of furan rings is 1. The number of amides is 2. The van der Waals surface area contributed by atoms with Crippen LogP contribution in [0.15, 0.2) is 44.8 Å². The molecule has 2 amide bonds. The average Bonchev–Trinajstić information content (AvgIpc) is 2.98. The SMILES string of the molecule is Cc1ccc(-c2ccc(/C=C3/C(=O)NC(=S)N(C)C3=O)o2)c(Br)c1. The Bertz CT molecular complexity index is 901. The smallest absolute Gasteiger partial charge is 0.265 e. The van der Waals surface area contributed by atoms with Crippen molar-refractivity contribution < 1.29 is 14.0 Å². The van der Waals surface area contributed by atoms with Gasteiger partial charge in [0, 0.05) is 17.1 Å². The van der Waals surface area contributed by atoms with Crippen molar-refractivity contribution in [3.05, 3.63) is 51.7 Å². The van der Waals surface area contributed by atoms with Crippen LogP contribution in [0.4, 0.5) is 0 Å². The molecule has 2 heterocycles. The summed E-state index contributed by atoms with van der Waals surface area (Å²) in [6, 6.07) is 9.42. The zero-order valence-electron chi connectivity index (χ0n) is 12.9. The molecular weight excluding hydrogens is 392 g/mol. The van der Waals surface area contributed by atoms with Crippen LogP contribution in [-0.4, -0.2) is 28.9 Å². The molecule has 0 saturated carbocycles. The summed E-state index contributed by atoms with van der Waals surface area (Å²) in [4.78, 5) is 25.4. The molecule has 0 spiro atoms. The topological polar surface area (TPSA) is 62.6 Å². The molecule has 5 nitrogen and oxygen atoms in total. The number of hydrogen-bond acceptors (Lipinski definition) is 4. The summed E-state index contributed by atoms with van der Waals surface area (Å²) >= 11 is 8.42. The van der Waals surface area contributed by atoms with Gasteiger partial charge in [-0.15, -0.1) is 0 Å². The molecule has 1 aliphatic heterocycles. The minimum Gasteiger partial charge on any atom is -0.457 e. The number of carbonyl (C=O) groups is 2. The standard InChI is InChI=1S/C17H13BrN2O3S/c1-9-3-5-11(13(18)7-9)14-6-4-10(23-14)8-12-15(21)19-17(24)20(2)16(12)22/h3-8H,1-2H3,(H,19,21,24)/b12-8-. The van der Waals surface area contributed by atoms with E-state index in [0.29, 0.717) is 11.5 Å². The van der Waals surface area contributed by atoms with Crippen LogP contribution < -0.4 is 5.32 Å². The molecule has 24 heavy (non-hydrogen) atoms. The van der Waals surface area contributed by atoms with Gasteiger partial charge in [0.25, 0.3) is 11.8 Å². The molecule has 1 fully saturated rings. The van der Waals surface area contributed by atoms with Gasteiger partial charge in [0.2, 0.25) is 0 Å². The summed E-state index contributed by atoms with van der Waals surface area (Å²) in [6.45, 7) is 2.00. The quantitative estimate of drug-likeness (QED) is 0.473. The Morgan fingerprint density at radius 2 is 2.00 bits per heavy atom. The summed E-state index contributed by atoms with van der Waals surface area (Å²) < 4.78 is 6.67. The van der Waals surface area contributed by atoms with Crippen LogP contribution in [0.1, 0.15) is 11.3 Å². The molecule has 122 valence electrons. The molecule has 1 N–H and O–H groups in total. The first-order valence-corrected chi connectivity index (χ1v) is 8.28. The van der Waals surface area contributed by atoms with Crippen molar-refractivity contribution in [2.75, 3.05) is 7.05 Å². The van der Waals surface area contributed by atoms with Gasteiger partial charge < -0.3 is 4.42 Å². The van der Waals surface area contributed by atoms with Crippen LogP contribution in [0, 0.1) is 6.92 Å². The summed E-state index contributed by atoms with van der Waals surface area (Å²) in [7, 11) is 1.51. The van der Waals surface area contributed by atoms with Crippen LogP contribution >= 0.6 is 28.1 Å². The molecule has 1 aromatic carbocycles. The fourth-order valence-corrected chi connectivity index (χ4v) is 3.15. The lowest BCUT2D eigenvalue weighted by atomic mass is 10.1. The highest BCUT2D eigenvalue weighted by molar-refractivity contribution is 9.10. The fraction of sp³-hybridized carbons (Fsp3) is 0.118. The first-order valence-electron chi connectivity index (χ1n) is 7.08. The molecule has 0 unspecified atom stereocenters. The minimum absolute atomic E-state index is 0.0185. The first kappa shape index (κ1) is 16.6. The summed E-state index contributed by atoms with van der Waals surface area (Å²) in [5.74, 6) is 0.0641. The Labute approximate surface area is 152 Å². The fourth-order valence-electron chi connectivity index (χ4n) is 2.28. The van der Waals surface area contributed by atoms with E-state index >= 15 is 0 Å². The number of benzene rings is 1. The second-order valence-corrected chi connectivity index (χ2v) is 6.61. The number of likely N-dealkylation sites (N-methyl/N-ethyl adjacent to an activating group) is 1. The highest BCUT2D eigenvalue weighted by Crippen LogP contribution is 2.31. The maximum Gasteiger partial charge on any atom is 0.265 e. The summed E-state index contributed by atoms with van der Waals surface area (Å²) in [5, 5.41) is 2.55. The van der Waals surface area contributed by atoms with E-state index in [1.165, 1.54) is 18.0 Å². The van der Waals surface area contributed by atoms with Crippen molar-refractivity contribution in [2.45, 2.75) is 6.92 Å². The third-order valence-electron chi connectivity index (χ3n) is 3.61. The molecule has 0 radical (unpaired) electrons. The van der Waals surface area contributed by atoms with Gasteiger partial charge >= 0.3 is 0 Å². The van der Waals surface area contributed by atoms with Crippen LogP contribution in [0.5, 0.6) is 0 Å². The lowest BCUT2D eigenvalue weighted by Gasteiger charge is -2.24. The first-order chi connectivity index (χ1) is 11.4. The van der Waals surface area contributed by atoms with Crippen molar-refractivity contribution in [1.29, 1.82) is 0 Å². The number of aryl methyl sites for hydroxylation is 1. The Balaban J connectivity index is 1.95. The van der Waals surface area contributed by atoms with Gasteiger partial charge in [-0.2, -0.15) is 0 Å². The van der Waals surface area contributed by atoms with Crippen molar-refractivity contribution in [1.82, 2.24) is 10.2 Å². The number of nitrogens with zero attached hydrogens (tertiary/aromatic N) is 1. The normalized spacial score (nSPS) is 16.7. The maximum absolute atomic E-state index is 12.2. The van der Waals surface area contributed by atoms with Gasteiger partial charge in [0.05, 0.1) is 0 Å². The van der Waals surface area contributed by atoms with Crippen molar-refractivity contribution in [3.63, 3.8) is 0 Å². The van der Waals surface area contributed by atoms with E-state index in [1.807, 2.05) is 25.1 Å². The number of carbonyl (C=O) groups excluding carboxylic acids is 2. The lowest BCUT2D eigenvalue weighted by Crippen LogP contribution is -2.52. The van der Waals surface area contributed by atoms with Gasteiger partial charge in [0.1, 0.15) is 17.1 Å². The van der Waals surface area contributed by atoms with Crippen LogP contribution in [0.2, 0.25) is 0 Å². The highest BCUT2D eigenvalue weighted by atomic mass is 79.9. The van der Waals surface area contributed by atoms with E-state index < -0.39 is 11.8 Å². The van der Waals surface area contributed by atoms with Crippen molar-refractivity contribution >= 4 is 51.2 Å². The van der Waals surface area contributed by atoms with Gasteiger partial charge in [0.15, 0.2) is 5.11 Å². The van der Waals surface area contributed by atoms with E-state index in [0.717, 1.165) is 15.6 Å². The largest absolute Gasteiger partial charge is 0.457 e. The second kappa shape index (κ2) is 6.33. The number of hydrogen-bond donors (Lipinski definition) is 1. The van der Waals surface area contributed by atoms with Crippen LogP contribution in [0.25, 0.3) is 17.4 Å². The number of halogens is 1. The predicted octanol–water partition coefficient (Wildman–Crippen LogP) is 3.27. The van der Waals surface area contributed by atoms with Crippen LogP contribution in [-0.2, 0) is 9.59 Å². The molecule has 3 rings (SSSR count). The van der Waals surface area contributed by atoms with Crippen LogP contribution in [0.3, 0.4) is 0 Å². The second-order valence-electron chi connectivity index (χ2n) is 5.37. The Morgan fingerprint density at radius 3 is 2.71 bits per heavy atom. The van der Waals surface area contributed by atoms with E-state index in [-0.39, 0.29) is 10.7 Å². The summed E-state index contributed by atoms with van der Waals surface area (Å²) in [5.41, 5.74) is 2.00. The molecule has 2 aromatic rings. The third kappa shape index (κ3) is 3.05. The van der Waals surface area contributed by atoms with E-state index in [1.54, 1.807) is 12.1 Å². The molecule has 1 aliphatic rings. The number of thiocarbonyl (C=S) groups is 1. The van der Waals surface area contributed by atoms with Crippen molar-refractivity contribution in [3.8, 4) is 11.3 Å². The highest BCUT2D eigenvalue weighted by Gasteiger charge is 2.31. The van der Waals surface area contributed by atoms with E-state index in [2.05, 4.69) is 21.2 Å².